The van der Waals surface area contributed by atoms with Crippen LogP contribution in [0.4, 0.5) is 5.69 Å². The van der Waals surface area contributed by atoms with Gasteiger partial charge in [-0.2, -0.15) is 5.10 Å². The summed E-state index contributed by atoms with van der Waals surface area (Å²) in [5.41, 5.74) is 2.54. The lowest BCUT2D eigenvalue weighted by molar-refractivity contribution is -0.110. The minimum Gasteiger partial charge on any atom is -0.489 e. The Balaban J connectivity index is 1.88. The van der Waals surface area contributed by atoms with E-state index in [1.807, 2.05) is 42.5 Å². The summed E-state index contributed by atoms with van der Waals surface area (Å²) in [6.07, 6.45) is 3.23. The summed E-state index contributed by atoms with van der Waals surface area (Å²) in [7, 11) is 0. The fourth-order valence-corrected chi connectivity index (χ4v) is 2.63. The fourth-order valence-electron chi connectivity index (χ4n) is 2.25. The SMILES string of the molecule is C=CCOc1ccc(Br)cc1C=NN=C1C(=O)Nc2ccccc21. The van der Waals surface area contributed by atoms with E-state index in [0.29, 0.717) is 18.1 Å². The molecule has 120 valence electrons. The number of ether oxygens (including phenoxy) is 1. The zero-order valence-electron chi connectivity index (χ0n) is 12.7. The van der Waals surface area contributed by atoms with Crippen molar-refractivity contribution in [2.45, 2.75) is 0 Å². The molecule has 2 aromatic carbocycles. The summed E-state index contributed by atoms with van der Waals surface area (Å²) in [4.78, 5) is 12.0. The molecule has 0 radical (unpaired) electrons. The van der Waals surface area contributed by atoms with Crippen LogP contribution in [-0.2, 0) is 4.79 Å². The molecule has 1 aliphatic heterocycles. The van der Waals surface area contributed by atoms with Crippen LogP contribution in [-0.4, -0.2) is 24.4 Å². The Labute approximate surface area is 147 Å². The van der Waals surface area contributed by atoms with Gasteiger partial charge in [-0.1, -0.05) is 46.8 Å². The maximum Gasteiger partial charge on any atom is 0.276 e. The minimum atomic E-state index is -0.259. The number of carbonyl (C=O) groups is 1. The van der Waals surface area contributed by atoms with Gasteiger partial charge in [0.05, 0.1) is 11.9 Å². The Kier molecular flexibility index (Phi) is 4.86. The van der Waals surface area contributed by atoms with Gasteiger partial charge in [0.25, 0.3) is 5.91 Å². The molecule has 0 bridgehead atoms. The van der Waals surface area contributed by atoms with Crippen LogP contribution in [0.2, 0.25) is 0 Å². The molecule has 2 aromatic rings. The maximum absolute atomic E-state index is 12.0. The molecule has 0 atom stereocenters. The van der Waals surface area contributed by atoms with E-state index in [-0.39, 0.29) is 5.91 Å². The fraction of sp³-hybridized carbons (Fsp3) is 0.0556. The molecule has 1 heterocycles. The molecule has 0 spiro atoms. The van der Waals surface area contributed by atoms with Gasteiger partial charge >= 0.3 is 0 Å². The number of rotatable bonds is 5. The number of hydrogen-bond acceptors (Lipinski definition) is 4. The van der Waals surface area contributed by atoms with Gasteiger partial charge in [-0.15, -0.1) is 5.10 Å². The summed E-state index contributed by atoms with van der Waals surface area (Å²) in [5, 5.41) is 10.9. The van der Waals surface area contributed by atoms with Gasteiger partial charge in [0.2, 0.25) is 0 Å². The molecule has 0 aromatic heterocycles. The van der Waals surface area contributed by atoms with Crippen LogP contribution in [0.1, 0.15) is 11.1 Å². The number of hydrogen-bond donors (Lipinski definition) is 1. The lowest BCUT2D eigenvalue weighted by Gasteiger charge is -2.06. The second-order valence-electron chi connectivity index (χ2n) is 4.97. The van der Waals surface area contributed by atoms with Crippen molar-refractivity contribution >= 4 is 39.5 Å². The van der Waals surface area contributed by atoms with Crippen LogP contribution < -0.4 is 10.1 Å². The number of fused-ring (bicyclic) bond motifs is 1. The summed E-state index contributed by atoms with van der Waals surface area (Å²) >= 11 is 3.42. The lowest BCUT2D eigenvalue weighted by atomic mass is 10.1. The van der Waals surface area contributed by atoms with Gasteiger partial charge in [-0.05, 0) is 24.3 Å². The van der Waals surface area contributed by atoms with Crippen molar-refractivity contribution in [3.05, 3.63) is 70.7 Å². The predicted molar refractivity (Wildman–Crippen MR) is 99.0 cm³/mol. The molecule has 0 saturated carbocycles. The van der Waals surface area contributed by atoms with Crippen molar-refractivity contribution in [2.75, 3.05) is 11.9 Å². The minimum absolute atomic E-state index is 0.259. The smallest absolute Gasteiger partial charge is 0.276 e. The number of benzene rings is 2. The van der Waals surface area contributed by atoms with E-state index in [9.17, 15) is 4.79 Å². The van der Waals surface area contributed by atoms with Crippen LogP contribution >= 0.6 is 15.9 Å². The Morgan fingerprint density at radius 1 is 1.25 bits per heavy atom. The number of nitrogens with zero attached hydrogens (tertiary/aromatic N) is 2. The zero-order valence-corrected chi connectivity index (χ0v) is 14.3. The maximum atomic E-state index is 12.0. The molecule has 24 heavy (non-hydrogen) atoms. The van der Waals surface area contributed by atoms with E-state index in [1.54, 1.807) is 12.3 Å². The summed E-state index contributed by atoms with van der Waals surface area (Å²) in [6, 6.07) is 12.9. The number of amides is 1. The lowest BCUT2D eigenvalue weighted by Crippen LogP contribution is -2.13. The second kappa shape index (κ2) is 7.23. The van der Waals surface area contributed by atoms with Crippen LogP contribution in [0.25, 0.3) is 0 Å². The monoisotopic (exact) mass is 383 g/mol. The number of carbonyl (C=O) groups excluding carboxylic acids is 1. The predicted octanol–water partition coefficient (Wildman–Crippen LogP) is 3.79. The average Bonchev–Trinajstić information content (AvgIpc) is 2.90. The van der Waals surface area contributed by atoms with Crippen molar-refractivity contribution < 1.29 is 9.53 Å². The molecule has 0 unspecified atom stereocenters. The highest BCUT2D eigenvalue weighted by Gasteiger charge is 2.25. The topological polar surface area (TPSA) is 63.1 Å². The zero-order chi connectivity index (χ0) is 16.9. The van der Waals surface area contributed by atoms with E-state index in [4.69, 9.17) is 4.74 Å². The number of nitrogens with one attached hydrogen (secondary N) is 1. The van der Waals surface area contributed by atoms with Crippen molar-refractivity contribution in [3.63, 3.8) is 0 Å². The van der Waals surface area contributed by atoms with Crippen molar-refractivity contribution in [3.8, 4) is 5.75 Å². The van der Waals surface area contributed by atoms with E-state index in [1.165, 1.54) is 0 Å². The molecule has 1 amide bonds. The Morgan fingerprint density at radius 2 is 2.08 bits per heavy atom. The van der Waals surface area contributed by atoms with Gasteiger partial charge < -0.3 is 10.1 Å². The normalized spacial score (nSPS) is 14.7. The molecule has 0 fully saturated rings. The van der Waals surface area contributed by atoms with Crippen LogP contribution in [0, 0.1) is 0 Å². The molecule has 0 aliphatic carbocycles. The Hall–Kier alpha value is -2.73. The van der Waals surface area contributed by atoms with Gasteiger partial charge in [-0.25, -0.2) is 0 Å². The first kappa shape index (κ1) is 16.1. The number of halogens is 1. The quantitative estimate of drug-likeness (QED) is 0.484. The third-order valence-electron chi connectivity index (χ3n) is 3.33. The molecule has 1 aliphatic rings. The summed E-state index contributed by atoms with van der Waals surface area (Å²) in [5.74, 6) is 0.407. The molecule has 6 heteroatoms. The highest BCUT2D eigenvalue weighted by atomic mass is 79.9. The number of para-hydroxylation sites is 1. The first-order valence-electron chi connectivity index (χ1n) is 7.24. The van der Waals surface area contributed by atoms with E-state index >= 15 is 0 Å². The van der Waals surface area contributed by atoms with Crippen molar-refractivity contribution in [1.82, 2.24) is 0 Å². The highest BCUT2D eigenvalue weighted by Crippen LogP contribution is 2.24. The molecule has 1 N–H and O–H groups in total. The standard InChI is InChI=1S/C18H14BrN3O2/c1-2-9-24-16-8-7-13(19)10-12(16)11-20-22-17-14-5-3-4-6-15(14)21-18(17)23/h2-8,10-11H,1,9H2,(H,21,22,23). The van der Waals surface area contributed by atoms with Crippen LogP contribution in [0.5, 0.6) is 5.75 Å². The van der Waals surface area contributed by atoms with Gasteiger partial charge in [0.1, 0.15) is 12.4 Å². The van der Waals surface area contributed by atoms with Crippen LogP contribution in [0.15, 0.2) is 69.8 Å². The molecule has 3 rings (SSSR count). The molecular weight excluding hydrogens is 370 g/mol. The Morgan fingerprint density at radius 3 is 2.92 bits per heavy atom. The molecule has 5 nitrogen and oxygen atoms in total. The largest absolute Gasteiger partial charge is 0.489 e. The average molecular weight is 384 g/mol. The van der Waals surface area contributed by atoms with Crippen molar-refractivity contribution in [1.29, 1.82) is 0 Å². The first-order valence-corrected chi connectivity index (χ1v) is 8.03. The van der Waals surface area contributed by atoms with Gasteiger partial charge in [-0.3, -0.25) is 4.79 Å². The van der Waals surface area contributed by atoms with Crippen molar-refractivity contribution in [2.24, 2.45) is 10.2 Å². The Bertz CT molecular complexity index is 859. The molecular formula is C18H14BrN3O2. The first-order chi connectivity index (χ1) is 11.7. The van der Waals surface area contributed by atoms with Crippen LogP contribution in [0.3, 0.4) is 0 Å². The third kappa shape index (κ3) is 3.44. The van der Waals surface area contributed by atoms with E-state index < -0.39 is 0 Å². The summed E-state index contributed by atoms with van der Waals surface area (Å²) < 4.78 is 6.48. The molecule has 0 saturated heterocycles. The highest BCUT2D eigenvalue weighted by molar-refractivity contribution is 9.10. The van der Waals surface area contributed by atoms with E-state index in [2.05, 4.69) is 38.0 Å². The van der Waals surface area contributed by atoms with Gasteiger partial charge in [0, 0.05) is 15.6 Å². The van der Waals surface area contributed by atoms with Gasteiger partial charge in [0.15, 0.2) is 5.71 Å². The van der Waals surface area contributed by atoms with E-state index in [0.717, 1.165) is 21.3 Å². The third-order valence-corrected chi connectivity index (χ3v) is 3.82. The summed E-state index contributed by atoms with van der Waals surface area (Å²) in [6.45, 7) is 4.03. The second-order valence-corrected chi connectivity index (χ2v) is 5.89. The number of anilines is 1.